The molecule has 1 aliphatic rings. The number of nitrogens with zero attached hydrogens (tertiary/aromatic N) is 7. The fourth-order valence-corrected chi connectivity index (χ4v) is 5.83. The molecule has 0 amide bonds. The van der Waals surface area contributed by atoms with Crippen LogP contribution in [0.1, 0.15) is 30.1 Å². The molecule has 1 unspecified atom stereocenters. The third-order valence-corrected chi connectivity index (χ3v) is 7.66. The van der Waals surface area contributed by atoms with Crippen molar-refractivity contribution in [3.05, 3.63) is 45.9 Å². The Morgan fingerprint density at radius 3 is 2.66 bits per heavy atom. The first kappa shape index (κ1) is 21.2. The standard InChI is InChI=1S/C20H22F2N8S2/c1-2-16(19-25-26-27-30(19)11-13-3-4-17(22)31-13)28-5-7-29(8-6-28)20-24-15-10-12(23)9-14(21)18(15)32-20/h3-4,9-10,16H,2,5-8,11,23H2,1H3. The minimum Gasteiger partial charge on any atom is -0.399 e. The number of fused-ring (bicyclic) bond motifs is 1. The van der Waals surface area contributed by atoms with Gasteiger partial charge in [0, 0.05) is 36.7 Å². The highest BCUT2D eigenvalue weighted by molar-refractivity contribution is 7.22. The second kappa shape index (κ2) is 8.68. The lowest BCUT2D eigenvalue weighted by Crippen LogP contribution is -2.48. The summed E-state index contributed by atoms with van der Waals surface area (Å²) in [5, 5.41) is 12.9. The van der Waals surface area contributed by atoms with Gasteiger partial charge in [0.15, 0.2) is 16.1 Å². The number of aromatic nitrogens is 5. The van der Waals surface area contributed by atoms with Crippen molar-refractivity contribution in [2.24, 2.45) is 0 Å². The maximum Gasteiger partial charge on any atom is 0.186 e. The SMILES string of the molecule is CCC(c1nnnn1Cc1ccc(F)s1)N1CCN(c2nc3cc(N)cc(F)c3s2)CC1. The summed E-state index contributed by atoms with van der Waals surface area (Å²) in [6.07, 6.45) is 0.852. The van der Waals surface area contributed by atoms with Crippen LogP contribution in [0.2, 0.25) is 0 Å². The first-order valence-electron chi connectivity index (χ1n) is 10.4. The van der Waals surface area contributed by atoms with Crippen molar-refractivity contribution in [3.63, 3.8) is 0 Å². The van der Waals surface area contributed by atoms with Gasteiger partial charge in [0.05, 0.1) is 22.8 Å². The molecule has 1 atom stereocenters. The van der Waals surface area contributed by atoms with Gasteiger partial charge in [0.2, 0.25) is 0 Å². The molecule has 0 radical (unpaired) electrons. The first-order chi connectivity index (χ1) is 15.5. The molecule has 1 aromatic carbocycles. The van der Waals surface area contributed by atoms with Gasteiger partial charge in [0.25, 0.3) is 0 Å². The molecule has 1 fully saturated rings. The van der Waals surface area contributed by atoms with Gasteiger partial charge < -0.3 is 10.6 Å². The van der Waals surface area contributed by atoms with Crippen LogP contribution in [0.15, 0.2) is 24.3 Å². The highest BCUT2D eigenvalue weighted by Gasteiger charge is 2.29. The van der Waals surface area contributed by atoms with Gasteiger partial charge in [-0.15, -0.1) is 16.4 Å². The Labute approximate surface area is 191 Å². The van der Waals surface area contributed by atoms with E-state index in [4.69, 9.17) is 5.73 Å². The predicted molar refractivity (Wildman–Crippen MR) is 122 cm³/mol. The number of anilines is 2. The van der Waals surface area contributed by atoms with Crippen LogP contribution in [0.4, 0.5) is 19.6 Å². The first-order valence-corrected chi connectivity index (χ1v) is 12.0. The normalized spacial score (nSPS) is 16.2. The van der Waals surface area contributed by atoms with E-state index in [1.165, 1.54) is 23.5 Å². The van der Waals surface area contributed by atoms with Crippen molar-refractivity contribution < 1.29 is 8.78 Å². The summed E-state index contributed by atoms with van der Waals surface area (Å²) >= 11 is 2.47. The number of piperazine rings is 1. The largest absolute Gasteiger partial charge is 0.399 e. The average Bonchev–Trinajstić information content (AvgIpc) is 3.50. The molecule has 4 aromatic rings. The van der Waals surface area contributed by atoms with Crippen molar-refractivity contribution >= 4 is 43.7 Å². The van der Waals surface area contributed by atoms with E-state index in [9.17, 15) is 8.78 Å². The van der Waals surface area contributed by atoms with Gasteiger partial charge in [-0.05, 0) is 41.1 Å². The van der Waals surface area contributed by atoms with Crippen LogP contribution in [-0.2, 0) is 6.54 Å². The molecule has 0 aliphatic carbocycles. The second-order valence-electron chi connectivity index (χ2n) is 7.70. The van der Waals surface area contributed by atoms with Crippen LogP contribution < -0.4 is 10.6 Å². The molecule has 12 heteroatoms. The zero-order valence-electron chi connectivity index (χ0n) is 17.4. The van der Waals surface area contributed by atoms with Crippen molar-refractivity contribution in [1.29, 1.82) is 0 Å². The van der Waals surface area contributed by atoms with Gasteiger partial charge >= 0.3 is 0 Å². The van der Waals surface area contributed by atoms with Crippen LogP contribution >= 0.6 is 22.7 Å². The Bertz CT molecular complexity index is 1230. The van der Waals surface area contributed by atoms with E-state index in [1.807, 2.05) is 0 Å². The van der Waals surface area contributed by atoms with E-state index < -0.39 is 0 Å². The summed E-state index contributed by atoms with van der Waals surface area (Å²) < 4.78 is 29.9. The summed E-state index contributed by atoms with van der Waals surface area (Å²) in [6, 6.07) is 6.33. The molecular weight excluding hydrogens is 454 g/mol. The molecule has 168 valence electrons. The monoisotopic (exact) mass is 476 g/mol. The molecule has 1 aliphatic heterocycles. The van der Waals surface area contributed by atoms with Gasteiger partial charge in [-0.3, -0.25) is 4.90 Å². The smallest absolute Gasteiger partial charge is 0.186 e. The number of hydrogen-bond acceptors (Lipinski definition) is 9. The van der Waals surface area contributed by atoms with Crippen LogP contribution in [-0.4, -0.2) is 56.3 Å². The predicted octanol–water partition coefficient (Wildman–Crippen LogP) is 3.53. The van der Waals surface area contributed by atoms with Gasteiger partial charge in [-0.2, -0.15) is 4.39 Å². The van der Waals surface area contributed by atoms with E-state index in [1.54, 1.807) is 16.8 Å². The molecule has 32 heavy (non-hydrogen) atoms. The zero-order valence-corrected chi connectivity index (χ0v) is 19.0. The van der Waals surface area contributed by atoms with Crippen LogP contribution in [0.5, 0.6) is 0 Å². The number of thiazole rings is 1. The molecular formula is C20H22F2N8S2. The number of thiophene rings is 1. The number of rotatable bonds is 6. The molecule has 5 rings (SSSR count). The van der Waals surface area contributed by atoms with Gasteiger partial charge in [-0.1, -0.05) is 18.3 Å². The molecule has 0 saturated carbocycles. The number of hydrogen-bond donors (Lipinski definition) is 1. The van der Waals surface area contributed by atoms with Gasteiger partial charge in [0.1, 0.15) is 5.82 Å². The summed E-state index contributed by atoms with van der Waals surface area (Å²) in [4.78, 5) is 10.0. The summed E-state index contributed by atoms with van der Waals surface area (Å²) in [5.74, 6) is 0.457. The second-order valence-corrected chi connectivity index (χ2v) is 9.79. The van der Waals surface area contributed by atoms with E-state index >= 15 is 0 Å². The topological polar surface area (TPSA) is 89.0 Å². The molecule has 1 saturated heterocycles. The highest BCUT2D eigenvalue weighted by Crippen LogP contribution is 2.33. The Morgan fingerprint density at radius 1 is 1.12 bits per heavy atom. The number of tetrazole rings is 1. The zero-order chi connectivity index (χ0) is 22.2. The fraction of sp³-hybridized carbons (Fsp3) is 0.400. The fourth-order valence-electron chi connectivity index (χ4n) is 4.11. The Morgan fingerprint density at radius 2 is 1.94 bits per heavy atom. The molecule has 0 spiro atoms. The van der Waals surface area contributed by atoms with Crippen molar-refractivity contribution in [3.8, 4) is 0 Å². The molecule has 0 bridgehead atoms. The Hall–Kier alpha value is -2.70. The number of nitrogens with two attached hydrogens (primary N) is 1. The lowest BCUT2D eigenvalue weighted by molar-refractivity contribution is 0.169. The highest BCUT2D eigenvalue weighted by atomic mass is 32.1. The molecule has 8 nitrogen and oxygen atoms in total. The van der Waals surface area contributed by atoms with Crippen LogP contribution in [0, 0.1) is 10.9 Å². The Kier molecular flexibility index (Phi) is 5.74. The third kappa shape index (κ3) is 4.05. The lowest BCUT2D eigenvalue weighted by Gasteiger charge is -2.38. The van der Waals surface area contributed by atoms with E-state index in [0.717, 1.165) is 59.8 Å². The van der Waals surface area contributed by atoms with Crippen molar-refractivity contribution in [1.82, 2.24) is 30.1 Å². The number of benzene rings is 1. The quantitative estimate of drug-likeness (QED) is 0.426. The van der Waals surface area contributed by atoms with E-state index in [2.05, 4.69) is 37.2 Å². The van der Waals surface area contributed by atoms with Crippen LogP contribution in [0.25, 0.3) is 10.2 Å². The molecule has 3 aromatic heterocycles. The van der Waals surface area contributed by atoms with Crippen molar-refractivity contribution in [2.75, 3.05) is 36.8 Å². The summed E-state index contributed by atoms with van der Waals surface area (Å²) in [5.41, 5.74) is 6.73. The third-order valence-electron chi connectivity index (χ3n) is 5.66. The van der Waals surface area contributed by atoms with E-state index in [-0.39, 0.29) is 17.0 Å². The maximum atomic E-state index is 14.2. The summed E-state index contributed by atoms with van der Waals surface area (Å²) in [7, 11) is 0. The molecule has 2 N–H and O–H groups in total. The summed E-state index contributed by atoms with van der Waals surface area (Å²) in [6.45, 7) is 5.71. The number of halogens is 2. The van der Waals surface area contributed by atoms with Crippen molar-refractivity contribution in [2.45, 2.75) is 25.9 Å². The molecule has 4 heterocycles. The average molecular weight is 477 g/mol. The maximum absolute atomic E-state index is 14.2. The van der Waals surface area contributed by atoms with E-state index in [0.29, 0.717) is 22.4 Å². The minimum atomic E-state index is -0.328. The van der Waals surface area contributed by atoms with Gasteiger partial charge in [-0.25, -0.2) is 14.1 Å². The minimum absolute atomic E-state index is 0.0598. The lowest BCUT2D eigenvalue weighted by atomic mass is 10.1. The Balaban J connectivity index is 1.29. The number of nitrogen functional groups attached to an aromatic ring is 1. The van der Waals surface area contributed by atoms with Crippen LogP contribution in [0.3, 0.4) is 0 Å².